The van der Waals surface area contributed by atoms with Crippen LogP contribution in [0.1, 0.15) is 23.1 Å². The van der Waals surface area contributed by atoms with E-state index in [9.17, 15) is 4.79 Å². The highest BCUT2D eigenvalue weighted by atomic mass is 16.5. The van der Waals surface area contributed by atoms with E-state index < -0.39 is 5.97 Å². The van der Waals surface area contributed by atoms with Gasteiger partial charge in [-0.15, -0.1) is 0 Å². The molecule has 18 heavy (non-hydrogen) atoms. The lowest BCUT2D eigenvalue weighted by atomic mass is 10.2. The molecular formula is C13H16N2O3. The minimum Gasteiger partial charge on any atom is -0.478 e. The minimum atomic E-state index is -0.945. The fourth-order valence-corrected chi connectivity index (χ4v) is 2.07. The van der Waals surface area contributed by atoms with Crippen LogP contribution < -0.4 is 0 Å². The molecule has 0 saturated carbocycles. The van der Waals surface area contributed by atoms with Crippen LogP contribution in [0.3, 0.4) is 0 Å². The van der Waals surface area contributed by atoms with E-state index in [4.69, 9.17) is 9.84 Å². The normalized spacial score (nSPS) is 11.0. The number of carbonyl (C=O) groups is 1. The summed E-state index contributed by atoms with van der Waals surface area (Å²) >= 11 is 0. The summed E-state index contributed by atoms with van der Waals surface area (Å²) in [6.45, 7) is 3.26. The monoisotopic (exact) mass is 248 g/mol. The van der Waals surface area contributed by atoms with Crippen molar-refractivity contribution in [2.24, 2.45) is 0 Å². The molecule has 0 fully saturated rings. The Balaban J connectivity index is 2.61. The van der Waals surface area contributed by atoms with Gasteiger partial charge in [0.1, 0.15) is 11.3 Å². The number of hydrogen-bond acceptors (Lipinski definition) is 3. The first-order valence-corrected chi connectivity index (χ1v) is 5.89. The summed E-state index contributed by atoms with van der Waals surface area (Å²) in [5.41, 5.74) is 1.65. The molecule has 0 radical (unpaired) electrons. The summed E-state index contributed by atoms with van der Waals surface area (Å²) in [4.78, 5) is 15.6. The second kappa shape index (κ2) is 5.18. The van der Waals surface area contributed by atoms with E-state index in [0.29, 0.717) is 18.7 Å². The molecule has 0 bridgehead atoms. The lowest BCUT2D eigenvalue weighted by molar-refractivity contribution is 0.0699. The van der Waals surface area contributed by atoms with Crippen molar-refractivity contribution in [2.75, 3.05) is 13.7 Å². The van der Waals surface area contributed by atoms with Gasteiger partial charge in [-0.05, 0) is 12.1 Å². The SMILES string of the molecule is CCc1nc2c(C(=O)O)cccc2n1CCOC. The summed E-state index contributed by atoms with van der Waals surface area (Å²) < 4.78 is 7.10. The van der Waals surface area contributed by atoms with Gasteiger partial charge in [0.05, 0.1) is 17.7 Å². The number of aryl methyl sites for hydroxylation is 1. The number of fused-ring (bicyclic) bond motifs is 1. The quantitative estimate of drug-likeness (QED) is 0.878. The number of nitrogens with zero attached hydrogens (tertiary/aromatic N) is 2. The highest BCUT2D eigenvalue weighted by molar-refractivity contribution is 6.01. The molecule has 0 aliphatic carbocycles. The predicted molar refractivity (Wildman–Crippen MR) is 67.9 cm³/mol. The van der Waals surface area contributed by atoms with Crippen molar-refractivity contribution >= 4 is 17.0 Å². The fraction of sp³-hybridized carbons (Fsp3) is 0.385. The van der Waals surface area contributed by atoms with Crippen LogP contribution in [0.2, 0.25) is 0 Å². The van der Waals surface area contributed by atoms with Crippen molar-refractivity contribution in [1.82, 2.24) is 9.55 Å². The summed E-state index contributed by atoms with van der Waals surface area (Å²) in [5.74, 6) is -0.0598. The van der Waals surface area contributed by atoms with Gasteiger partial charge in [0.15, 0.2) is 0 Å². The fourth-order valence-electron chi connectivity index (χ4n) is 2.07. The zero-order valence-electron chi connectivity index (χ0n) is 10.5. The van der Waals surface area contributed by atoms with Gasteiger partial charge >= 0.3 is 5.97 Å². The van der Waals surface area contributed by atoms with E-state index in [0.717, 1.165) is 17.8 Å². The maximum absolute atomic E-state index is 11.2. The number of methoxy groups -OCH3 is 1. The molecule has 5 heteroatoms. The second-order valence-electron chi connectivity index (χ2n) is 4.00. The molecule has 1 N–H and O–H groups in total. The van der Waals surface area contributed by atoms with Crippen LogP contribution in [0.4, 0.5) is 0 Å². The molecule has 0 amide bonds. The van der Waals surface area contributed by atoms with Crippen LogP contribution in [0.15, 0.2) is 18.2 Å². The number of aromatic nitrogens is 2. The molecule has 0 atom stereocenters. The van der Waals surface area contributed by atoms with Crippen LogP contribution in [0.25, 0.3) is 11.0 Å². The van der Waals surface area contributed by atoms with Gasteiger partial charge in [-0.1, -0.05) is 13.0 Å². The highest BCUT2D eigenvalue weighted by Crippen LogP contribution is 2.20. The van der Waals surface area contributed by atoms with Crippen LogP contribution in [-0.2, 0) is 17.7 Å². The van der Waals surface area contributed by atoms with Crippen molar-refractivity contribution in [3.05, 3.63) is 29.6 Å². The Hall–Kier alpha value is -1.88. The molecule has 0 unspecified atom stereocenters. The Kier molecular flexibility index (Phi) is 3.62. The number of hydrogen-bond donors (Lipinski definition) is 1. The molecule has 0 aliphatic rings. The minimum absolute atomic E-state index is 0.248. The first-order chi connectivity index (χ1) is 8.69. The van der Waals surface area contributed by atoms with E-state index in [-0.39, 0.29) is 5.56 Å². The highest BCUT2D eigenvalue weighted by Gasteiger charge is 2.15. The van der Waals surface area contributed by atoms with Crippen molar-refractivity contribution in [2.45, 2.75) is 19.9 Å². The summed E-state index contributed by atoms with van der Waals surface area (Å²) in [6, 6.07) is 5.22. The maximum Gasteiger partial charge on any atom is 0.337 e. The average molecular weight is 248 g/mol. The number of carboxylic acid groups (broad SMARTS) is 1. The summed E-state index contributed by atoms with van der Waals surface area (Å²) in [6.07, 6.45) is 0.761. The molecule has 1 aromatic carbocycles. The smallest absolute Gasteiger partial charge is 0.337 e. The van der Waals surface area contributed by atoms with Crippen LogP contribution >= 0.6 is 0 Å². The first-order valence-electron chi connectivity index (χ1n) is 5.89. The summed E-state index contributed by atoms with van der Waals surface area (Å²) in [7, 11) is 1.65. The molecule has 0 aliphatic heterocycles. The van der Waals surface area contributed by atoms with Crippen molar-refractivity contribution in [3.63, 3.8) is 0 Å². The number of aromatic carboxylic acids is 1. The van der Waals surface area contributed by atoms with Crippen LogP contribution in [0, 0.1) is 0 Å². The number of para-hydroxylation sites is 1. The number of benzene rings is 1. The third-order valence-electron chi connectivity index (χ3n) is 2.92. The Morgan fingerprint density at radius 3 is 2.89 bits per heavy atom. The van der Waals surface area contributed by atoms with Gasteiger partial charge in [0.2, 0.25) is 0 Å². The Bertz CT molecular complexity index is 575. The van der Waals surface area contributed by atoms with Gasteiger partial charge in [-0.3, -0.25) is 0 Å². The van der Waals surface area contributed by atoms with Crippen molar-refractivity contribution < 1.29 is 14.6 Å². The molecule has 96 valence electrons. The second-order valence-corrected chi connectivity index (χ2v) is 4.00. The third-order valence-corrected chi connectivity index (χ3v) is 2.92. The van der Waals surface area contributed by atoms with E-state index in [2.05, 4.69) is 4.98 Å². The molecule has 2 rings (SSSR count). The lowest BCUT2D eigenvalue weighted by Gasteiger charge is -2.06. The van der Waals surface area contributed by atoms with Crippen LogP contribution in [-0.4, -0.2) is 34.3 Å². The topological polar surface area (TPSA) is 64.3 Å². The van der Waals surface area contributed by atoms with Crippen LogP contribution in [0.5, 0.6) is 0 Å². The van der Waals surface area contributed by atoms with E-state index in [1.54, 1.807) is 19.2 Å². The zero-order chi connectivity index (χ0) is 13.1. The maximum atomic E-state index is 11.2. The summed E-state index contributed by atoms with van der Waals surface area (Å²) in [5, 5.41) is 9.16. The first kappa shape index (κ1) is 12.6. The largest absolute Gasteiger partial charge is 0.478 e. The molecular weight excluding hydrogens is 232 g/mol. The number of imidazole rings is 1. The van der Waals surface area contributed by atoms with Gasteiger partial charge in [-0.25, -0.2) is 9.78 Å². The number of rotatable bonds is 5. The Morgan fingerprint density at radius 2 is 2.28 bits per heavy atom. The molecule has 1 aromatic heterocycles. The lowest BCUT2D eigenvalue weighted by Crippen LogP contribution is -2.07. The molecule has 1 heterocycles. The van der Waals surface area contributed by atoms with Gasteiger partial charge in [-0.2, -0.15) is 0 Å². The van der Waals surface area contributed by atoms with E-state index in [1.807, 2.05) is 17.6 Å². The zero-order valence-corrected chi connectivity index (χ0v) is 10.5. The van der Waals surface area contributed by atoms with E-state index in [1.165, 1.54) is 0 Å². The third kappa shape index (κ3) is 2.09. The van der Waals surface area contributed by atoms with Gasteiger partial charge in [0.25, 0.3) is 0 Å². The van der Waals surface area contributed by atoms with Gasteiger partial charge < -0.3 is 14.4 Å². The standard InChI is InChI=1S/C13H16N2O3/c1-3-11-14-12-9(13(16)17)5-4-6-10(12)15(11)7-8-18-2/h4-6H,3,7-8H2,1-2H3,(H,16,17). The molecule has 5 nitrogen and oxygen atoms in total. The number of ether oxygens (including phenoxy) is 1. The van der Waals surface area contributed by atoms with Crippen molar-refractivity contribution in [1.29, 1.82) is 0 Å². The van der Waals surface area contributed by atoms with Gasteiger partial charge in [0, 0.05) is 20.1 Å². The molecule has 2 aromatic rings. The number of carboxylic acids is 1. The van der Waals surface area contributed by atoms with Crippen molar-refractivity contribution in [3.8, 4) is 0 Å². The molecule has 0 saturated heterocycles. The molecule has 0 spiro atoms. The van der Waals surface area contributed by atoms with E-state index >= 15 is 0 Å². The predicted octanol–water partition coefficient (Wildman–Crippen LogP) is 1.94. The Morgan fingerprint density at radius 1 is 1.50 bits per heavy atom. The Labute approximate surface area is 105 Å². The average Bonchev–Trinajstić information content (AvgIpc) is 2.73.